The predicted molar refractivity (Wildman–Crippen MR) is 69.6 cm³/mol. The Morgan fingerprint density at radius 1 is 0.941 bits per heavy atom. The molecule has 0 aromatic heterocycles. The SMILES string of the molecule is O[C@@]1(c2ccccc2)CC[C@@H]2CCCC[C@@H]2C1. The van der Waals surface area contributed by atoms with E-state index in [9.17, 15) is 5.11 Å². The average molecular weight is 230 g/mol. The Kier molecular flexibility index (Phi) is 2.96. The van der Waals surface area contributed by atoms with Crippen LogP contribution in [0.25, 0.3) is 0 Å². The Morgan fingerprint density at radius 2 is 1.65 bits per heavy atom. The van der Waals surface area contributed by atoms with Crippen molar-refractivity contribution in [1.82, 2.24) is 0 Å². The predicted octanol–water partition coefficient (Wildman–Crippen LogP) is 3.86. The van der Waals surface area contributed by atoms with Crippen molar-refractivity contribution < 1.29 is 5.11 Å². The van der Waals surface area contributed by atoms with Gasteiger partial charge in [0.05, 0.1) is 5.60 Å². The van der Waals surface area contributed by atoms with Crippen LogP contribution in [0, 0.1) is 11.8 Å². The van der Waals surface area contributed by atoms with Gasteiger partial charge >= 0.3 is 0 Å². The van der Waals surface area contributed by atoms with Crippen LogP contribution in [0.4, 0.5) is 0 Å². The van der Waals surface area contributed by atoms with Crippen LogP contribution in [0.15, 0.2) is 30.3 Å². The van der Waals surface area contributed by atoms with Gasteiger partial charge < -0.3 is 5.11 Å². The average Bonchev–Trinajstić information content (AvgIpc) is 2.40. The van der Waals surface area contributed by atoms with E-state index in [1.807, 2.05) is 18.2 Å². The first-order valence-corrected chi connectivity index (χ1v) is 7.06. The highest BCUT2D eigenvalue weighted by molar-refractivity contribution is 5.23. The molecule has 0 unspecified atom stereocenters. The van der Waals surface area contributed by atoms with Crippen LogP contribution in [-0.4, -0.2) is 5.11 Å². The molecule has 0 aliphatic heterocycles. The van der Waals surface area contributed by atoms with Gasteiger partial charge in [-0.05, 0) is 36.7 Å². The van der Waals surface area contributed by atoms with Gasteiger partial charge in [0.25, 0.3) is 0 Å². The molecule has 0 amide bonds. The molecule has 0 saturated heterocycles. The molecular formula is C16H22O. The Bertz CT molecular complexity index is 372. The van der Waals surface area contributed by atoms with Crippen LogP contribution in [0.3, 0.4) is 0 Å². The fraction of sp³-hybridized carbons (Fsp3) is 0.625. The van der Waals surface area contributed by atoms with E-state index in [2.05, 4.69) is 12.1 Å². The maximum atomic E-state index is 10.9. The molecule has 0 bridgehead atoms. The summed E-state index contributed by atoms with van der Waals surface area (Å²) in [6.07, 6.45) is 8.67. The Balaban J connectivity index is 1.80. The second-order valence-corrected chi connectivity index (χ2v) is 5.95. The summed E-state index contributed by atoms with van der Waals surface area (Å²) >= 11 is 0. The molecule has 0 heterocycles. The van der Waals surface area contributed by atoms with Gasteiger partial charge in [0.2, 0.25) is 0 Å². The molecule has 1 aromatic carbocycles. The van der Waals surface area contributed by atoms with Gasteiger partial charge in [-0.25, -0.2) is 0 Å². The van der Waals surface area contributed by atoms with Crippen molar-refractivity contribution in [3.63, 3.8) is 0 Å². The van der Waals surface area contributed by atoms with Crippen LogP contribution >= 0.6 is 0 Å². The lowest BCUT2D eigenvalue weighted by Crippen LogP contribution is -2.38. The van der Waals surface area contributed by atoms with E-state index >= 15 is 0 Å². The van der Waals surface area contributed by atoms with Crippen molar-refractivity contribution >= 4 is 0 Å². The zero-order valence-electron chi connectivity index (χ0n) is 10.4. The monoisotopic (exact) mass is 230 g/mol. The molecular weight excluding hydrogens is 208 g/mol. The highest BCUT2D eigenvalue weighted by Gasteiger charge is 2.41. The molecule has 3 atom stereocenters. The van der Waals surface area contributed by atoms with E-state index in [1.54, 1.807) is 0 Å². The lowest BCUT2D eigenvalue weighted by Gasteiger charge is -2.44. The maximum absolute atomic E-state index is 10.9. The summed E-state index contributed by atoms with van der Waals surface area (Å²) in [7, 11) is 0. The van der Waals surface area contributed by atoms with Crippen molar-refractivity contribution in [1.29, 1.82) is 0 Å². The normalized spacial score (nSPS) is 37.5. The Morgan fingerprint density at radius 3 is 2.41 bits per heavy atom. The first-order chi connectivity index (χ1) is 8.28. The number of fused-ring (bicyclic) bond motifs is 1. The zero-order valence-corrected chi connectivity index (χ0v) is 10.4. The summed E-state index contributed by atoms with van der Waals surface area (Å²) < 4.78 is 0. The Labute approximate surface area is 104 Å². The number of benzene rings is 1. The van der Waals surface area contributed by atoms with Crippen LogP contribution in [-0.2, 0) is 5.60 Å². The lowest BCUT2D eigenvalue weighted by molar-refractivity contribution is -0.0500. The smallest absolute Gasteiger partial charge is 0.0899 e. The quantitative estimate of drug-likeness (QED) is 0.776. The maximum Gasteiger partial charge on any atom is 0.0899 e. The van der Waals surface area contributed by atoms with Crippen LogP contribution in [0.2, 0.25) is 0 Å². The van der Waals surface area contributed by atoms with E-state index in [1.165, 1.54) is 32.1 Å². The summed E-state index contributed by atoms with van der Waals surface area (Å²) in [4.78, 5) is 0. The van der Waals surface area contributed by atoms with Crippen LogP contribution < -0.4 is 0 Å². The van der Waals surface area contributed by atoms with Crippen molar-refractivity contribution in [2.24, 2.45) is 11.8 Å². The van der Waals surface area contributed by atoms with Gasteiger partial charge in [-0.3, -0.25) is 0 Å². The highest BCUT2D eigenvalue weighted by atomic mass is 16.3. The molecule has 3 rings (SSSR count). The van der Waals surface area contributed by atoms with Crippen molar-refractivity contribution in [2.75, 3.05) is 0 Å². The van der Waals surface area contributed by atoms with Gasteiger partial charge in [-0.15, -0.1) is 0 Å². The van der Waals surface area contributed by atoms with Gasteiger partial charge in [0.1, 0.15) is 0 Å². The van der Waals surface area contributed by atoms with Crippen molar-refractivity contribution in [3.05, 3.63) is 35.9 Å². The molecule has 1 heteroatoms. The van der Waals surface area contributed by atoms with Crippen molar-refractivity contribution in [2.45, 2.75) is 50.5 Å². The first kappa shape index (κ1) is 11.3. The van der Waals surface area contributed by atoms with Crippen LogP contribution in [0.5, 0.6) is 0 Å². The molecule has 2 fully saturated rings. The van der Waals surface area contributed by atoms with Crippen LogP contribution in [0.1, 0.15) is 50.5 Å². The van der Waals surface area contributed by atoms with E-state index in [0.717, 1.165) is 30.2 Å². The standard InChI is InChI=1S/C16H22O/c17-16(15-8-2-1-3-9-15)11-10-13-6-4-5-7-14(13)12-16/h1-3,8-9,13-14,17H,4-7,10-12H2/t13-,14+,16-/m0/s1. The van der Waals surface area contributed by atoms with E-state index in [4.69, 9.17) is 0 Å². The summed E-state index contributed by atoms with van der Waals surface area (Å²) in [6, 6.07) is 10.3. The molecule has 2 saturated carbocycles. The van der Waals surface area contributed by atoms with Gasteiger partial charge in [-0.2, -0.15) is 0 Å². The summed E-state index contributed by atoms with van der Waals surface area (Å²) in [5, 5.41) is 10.9. The third-order valence-electron chi connectivity index (χ3n) is 4.91. The summed E-state index contributed by atoms with van der Waals surface area (Å²) in [6.45, 7) is 0. The molecule has 2 aliphatic rings. The molecule has 17 heavy (non-hydrogen) atoms. The fourth-order valence-electron chi connectivity index (χ4n) is 3.90. The largest absolute Gasteiger partial charge is 0.385 e. The number of hydrogen-bond acceptors (Lipinski definition) is 1. The molecule has 1 aromatic rings. The minimum absolute atomic E-state index is 0.542. The number of rotatable bonds is 1. The zero-order chi connectivity index (χ0) is 11.7. The molecule has 2 aliphatic carbocycles. The summed E-state index contributed by atoms with van der Waals surface area (Å²) in [5.74, 6) is 1.66. The van der Waals surface area contributed by atoms with E-state index in [0.29, 0.717) is 0 Å². The fourth-order valence-corrected chi connectivity index (χ4v) is 3.90. The second kappa shape index (κ2) is 4.45. The lowest BCUT2D eigenvalue weighted by atomic mass is 9.64. The molecule has 0 spiro atoms. The summed E-state index contributed by atoms with van der Waals surface area (Å²) in [5.41, 5.74) is 0.587. The second-order valence-electron chi connectivity index (χ2n) is 5.95. The highest BCUT2D eigenvalue weighted by Crippen LogP contribution is 2.48. The first-order valence-electron chi connectivity index (χ1n) is 7.06. The molecule has 0 radical (unpaired) electrons. The van der Waals surface area contributed by atoms with Crippen molar-refractivity contribution in [3.8, 4) is 0 Å². The van der Waals surface area contributed by atoms with Gasteiger partial charge in [-0.1, -0.05) is 56.0 Å². The Hall–Kier alpha value is -0.820. The minimum atomic E-state index is -0.542. The third kappa shape index (κ3) is 2.13. The van der Waals surface area contributed by atoms with Gasteiger partial charge in [0.15, 0.2) is 0 Å². The molecule has 1 nitrogen and oxygen atoms in total. The molecule has 92 valence electrons. The number of aliphatic hydroxyl groups is 1. The van der Waals surface area contributed by atoms with E-state index < -0.39 is 5.60 Å². The third-order valence-corrected chi connectivity index (χ3v) is 4.91. The topological polar surface area (TPSA) is 20.2 Å². The van der Waals surface area contributed by atoms with E-state index in [-0.39, 0.29) is 0 Å². The number of hydrogen-bond donors (Lipinski definition) is 1. The molecule has 1 N–H and O–H groups in total. The van der Waals surface area contributed by atoms with Gasteiger partial charge in [0, 0.05) is 0 Å². The minimum Gasteiger partial charge on any atom is -0.385 e.